The van der Waals surface area contributed by atoms with E-state index in [4.69, 9.17) is 5.11 Å². The van der Waals surface area contributed by atoms with E-state index in [0.29, 0.717) is 6.54 Å². The summed E-state index contributed by atoms with van der Waals surface area (Å²) in [5.41, 5.74) is 3.09. The molecule has 1 atom stereocenters. The van der Waals surface area contributed by atoms with Crippen LogP contribution < -0.4 is 5.32 Å². The second kappa shape index (κ2) is 7.26. The van der Waals surface area contributed by atoms with Crippen molar-refractivity contribution < 1.29 is 9.90 Å². The van der Waals surface area contributed by atoms with Crippen molar-refractivity contribution in [2.24, 2.45) is 0 Å². The second-order valence-corrected chi connectivity index (χ2v) is 4.89. The number of nitrogens with one attached hydrogen (secondary N) is 1. The Bertz CT molecular complexity index is 412. The van der Waals surface area contributed by atoms with Gasteiger partial charge in [-0.15, -0.1) is 0 Å². The van der Waals surface area contributed by atoms with Gasteiger partial charge in [0.2, 0.25) is 5.91 Å². The smallest absolute Gasteiger partial charge is 0.241 e. The molecule has 1 rings (SSSR count). The molecular weight excluding hydrogens is 240 g/mol. The Hall–Kier alpha value is -1.39. The second-order valence-electron chi connectivity index (χ2n) is 4.89. The lowest BCUT2D eigenvalue weighted by Gasteiger charge is -2.26. The van der Waals surface area contributed by atoms with E-state index in [1.165, 1.54) is 0 Å². The van der Waals surface area contributed by atoms with Crippen molar-refractivity contribution in [1.29, 1.82) is 0 Å². The highest BCUT2D eigenvalue weighted by molar-refractivity contribution is 5.94. The molecule has 1 aromatic carbocycles. The minimum Gasteiger partial charge on any atom is -0.395 e. The predicted octanol–water partition coefficient (Wildman–Crippen LogP) is 1.94. The van der Waals surface area contributed by atoms with Crippen LogP contribution in [-0.2, 0) is 4.79 Å². The summed E-state index contributed by atoms with van der Waals surface area (Å²) in [5, 5.41) is 11.9. The molecule has 0 saturated heterocycles. The van der Waals surface area contributed by atoms with Crippen molar-refractivity contribution >= 4 is 11.6 Å². The molecule has 0 aliphatic heterocycles. The Labute approximate surface area is 115 Å². The number of hydrogen-bond donors (Lipinski definition) is 2. The maximum absolute atomic E-state index is 12.2. The summed E-state index contributed by atoms with van der Waals surface area (Å²) in [6.07, 6.45) is 0. The lowest BCUT2D eigenvalue weighted by molar-refractivity contribution is -0.120. The molecule has 106 valence electrons. The third kappa shape index (κ3) is 4.65. The van der Waals surface area contributed by atoms with E-state index < -0.39 is 0 Å². The quantitative estimate of drug-likeness (QED) is 0.825. The number of anilines is 1. The highest BCUT2D eigenvalue weighted by atomic mass is 16.3. The predicted molar refractivity (Wildman–Crippen MR) is 78.3 cm³/mol. The fourth-order valence-corrected chi connectivity index (χ4v) is 2.21. The molecular formula is C15H24N2O2. The molecule has 0 spiro atoms. The number of aliphatic hydroxyl groups excluding tert-OH is 1. The van der Waals surface area contributed by atoms with Crippen LogP contribution in [0.5, 0.6) is 0 Å². The minimum atomic E-state index is -0.252. The molecule has 0 heterocycles. The van der Waals surface area contributed by atoms with Gasteiger partial charge < -0.3 is 10.4 Å². The number of benzene rings is 1. The van der Waals surface area contributed by atoms with Gasteiger partial charge in [0.05, 0.1) is 12.6 Å². The van der Waals surface area contributed by atoms with Gasteiger partial charge in [0.15, 0.2) is 0 Å². The van der Waals surface area contributed by atoms with Crippen LogP contribution in [0.4, 0.5) is 5.69 Å². The number of aliphatic hydroxyl groups is 1. The van der Waals surface area contributed by atoms with Gasteiger partial charge in [0, 0.05) is 12.2 Å². The van der Waals surface area contributed by atoms with E-state index in [1.807, 2.05) is 44.7 Å². The molecule has 1 unspecified atom stereocenters. The van der Waals surface area contributed by atoms with Gasteiger partial charge in [-0.2, -0.15) is 0 Å². The standard InChI is InChI=1S/C15H24N2O2/c1-5-17(6-7-18)13(4)15(19)16-14-9-11(2)8-12(3)10-14/h8-10,13,18H,5-7H2,1-4H3,(H,16,19). The lowest BCUT2D eigenvalue weighted by atomic mass is 10.1. The van der Waals surface area contributed by atoms with Crippen LogP contribution in [0.3, 0.4) is 0 Å². The van der Waals surface area contributed by atoms with Crippen molar-refractivity contribution in [2.45, 2.75) is 33.7 Å². The number of amides is 1. The van der Waals surface area contributed by atoms with Gasteiger partial charge >= 0.3 is 0 Å². The summed E-state index contributed by atoms with van der Waals surface area (Å²) in [4.78, 5) is 14.1. The summed E-state index contributed by atoms with van der Waals surface area (Å²) >= 11 is 0. The van der Waals surface area contributed by atoms with E-state index >= 15 is 0 Å². The molecule has 0 aliphatic rings. The van der Waals surface area contributed by atoms with Crippen molar-refractivity contribution in [3.05, 3.63) is 29.3 Å². The van der Waals surface area contributed by atoms with Crippen molar-refractivity contribution in [3.63, 3.8) is 0 Å². The summed E-state index contributed by atoms with van der Waals surface area (Å²) in [6, 6.07) is 5.74. The lowest BCUT2D eigenvalue weighted by Crippen LogP contribution is -2.43. The normalized spacial score (nSPS) is 12.5. The maximum Gasteiger partial charge on any atom is 0.241 e. The van der Waals surface area contributed by atoms with Crippen LogP contribution in [-0.4, -0.2) is 41.7 Å². The van der Waals surface area contributed by atoms with Crippen LogP contribution in [0, 0.1) is 13.8 Å². The monoisotopic (exact) mass is 264 g/mol. The average molecular weight is 264 g/mol. The zero-order valence-electron chi connectivity index (χ0n) is 12.2. The third-order valence-electron chi connectivity index (χ3n) is 3.21. The number of likely N-dealkylation sites (N-methyl/N-ethyl adjacent to an activating group) is 1. The summed E-state index contributed by atoms with van der Waals surface area (Å²) in [6.45, 7) is 9.18. The largest absolute Gasteiger partial charge is 0.395 e. The van der Waals surface area contributed by atoms with Gasteiger partial charge in [0.25, 0.3) is 0 Å². The van der Waals surface area contributed by atoms with Gasteiger partial charge in [-0.3, -0.25) is 9.69 Å². The molecule has 2 N–H and O–H groups in total. The first-order chi connectivity index (χ1) is 8.97. The molecule has 0 radical (unpaired) electrons. The number of aryl methyl sites for hydroxylation is 2. The third-order valence-corrected chi connectivity index (χ3v) is 3.21. The number of hydrogen-bond acceptors (Lipinski definition) is 3. The van der Waals surface area contributed by atoms with Gasteiger partial charge in [0.1, 0.15) is 0 Å². The number of carbonyl (C=O) groups excluding carboxylic acids is 1. The van der Waals surface area contributed by atoms with E-state index in [0.717, 1.165) is 23.4 Å². The molecule has 1 aromatic rings. The van der Waals surface area contributed by atoms with Crippen LogP contribution in [0.1, 0.15) is 25.0 Å². The molecule has 4 nitrogen and oxygen atoms in total. The van der Waals surface area contributed by atoms with Crippen LogP contribution in [0.25, 0.3) is 0 Å². The van der Waals surface area contributed by atoms with Crippen molar-refractivity contribution in [3.8, 4) is 0 Å². The fourth-order valence-electron chi connectivity index (χ4n) is 2.21. The first kappa shape index (κ1) is 15.7. The van der Waals surface area contributed by atoms with E-state index in [2.05, 4.69) is 11.4 Å². The molecule has 0 bridgehead atoms. The highest BCUT2D eigenvalue weighted by Gasteiger charge is 2.19. The van der Waals surface area contributed by atoms with Gasteiger partial charge in [-0.05, 0) is 50.6 Å². The van der Waals surface area contributed by atoms with Crippen molar-refractivity contribution in [1.82, 2.24) is 4.90 Å². The Morgan fingerprint density at radius 2 is 1.89 bits per heavy atom. The topological polar surface area (TPSA) is 52.6 Å². The Morgan fingerprint density at radius 3 is 2.37 bits per heavy atom. The van der Waals surface area contributed by atoms with Crippen molar-refractivity contribution in [2.75, 3.05) is 25.0 Å². The number of carbonyl (C=O) groups is 1. The van der Waals surface area contributed by atoms with E-state index in [1.54, 1.807) is 0 Å². The molecule has 0 aliphatic carbocycles. The maximum atomic E-state index is 12.2. The van der Waals surface area contributed by atoms with Crippen LogP contribution >= 0.6 is 0 Å². The molecule has 19 heavy (non-hydrogen) atoms. The Balaban J connectivity index is 2.72. The fraction of sp³-hybridized carbons (Fsp3) is 0.533. The molecule has 4 heteroatoms. The molecule has 0 saturated carbocycles. The Kier molecular flexibility index (Phi) is 5.99. The van der Waals surface area contributed by atoms with Crippen LogP contribution in [0.15, 0.2) is 18.2 Å². The van der Waals surface area contributed by atoms with Gasteiger partial charge in [-0.25, -0.2) is 0 Å². The number of rotatable bonds is 6. The number of nitrogens with zero attached hydrogens (tertiary/aromatic N) is 1. The Morgan fingerprint density at radius 1 is 1.32 bits per heavy atom. The summed E-state index contributed by atoms with van der Waals surface area (Å²) < 4.78 is 0. The molecule has 0 fully saturated rings. The van der Waals surface area contributed by atoms with Crippen LogP contribution in [0.2, 0.25) is 0 Å². The zero-order valence-corrected chi connectivity index (χ0v) is 12.2. The van der Waals surface area contributed by atoms with Gasteiger partial charge in [-0.1, -0.05) is 13.0 Å². The highest BCUT2D eigenvalue weighted by Crippen LogP contribution is 2.14. The molecule has 0 aromatic heterocycles. The van der Waals surface area contributed by atoms with E-state index in [-0.39, 0.29) is 18.6 Å². The minimum absolute atomic E-state index is 0.0414. The average Bonchev–Trinajstić information content (AvgIpc) is 2.33. The SMILES string of the molecule is CCN(CCO)C(C)C(=O)Nc1cc(C)cc(C)c1. The summed E-state index contributed by atoms with van der Waals surface area (Å²) in [7, 11) is 0. The first-order valence-electron chi connectivity index (χ1n) is 6.72. The van der Waals surface area contributed by atoms with E-state index in [9.17, 15) is 4.79 Å². The molecule has 1 amide bonds. The zero-order chi connectivity index (χ0) is 14.4. The first-order valence-corrected chi connectivity index (χ1v) is 6.72. The summed E-state index contributed by atoms with van der Waals surface area (Å²) in [5.74, 6) is -0.0414.